The maximum atomic E-state index is 5.85. The van der Waals surface area contributed by atoms with Gasteiger partial charge >= 0.3 is 0 Å². The minimum absolute atomic E-state index is 0.0228. The molecular weight excluding hydrogens is 174 g/mol. The first-order valence-electron chi connectivity index (χ1n) is 5.60. The van der Waals surface area contributed by atoms with Crippen molar-refractivity contribution < 1.29 is 4.74 Å². The molecule has 0 aliphatic carbocycles. The fourth-order valence-electron chi connectivity index (χ4n) is 2.17. The van der Waals surface area contributed by atoms with Gasteiger partial charge in [-0.3, -0.25) is 0 Å². The van der Waals surface area contributed by atoms with E-state index in [2.05, 4.69) is 32.7 Å². The highest BCUT2D eigenvalue weighted by molar-refractivity contribution is 5.01. The summed E-state index contributed by atoms with van der Waals surface area (Å²) in [6.45, 7) is 12.3. The van der Waals surface area contributed by atoms with Gasteiger partial charge in [0.2, 0.25) is 0 Å². The molecule has 0 amide bonds. The Kier molecular flexibility index (Phi) is 4.14. The summed E-state index contributed by atoms with van der Waals surface area (Å²) in [5, 5.41) is 3.51. The molecule has 0 spiro atoms. The Morgan fingerprint density at radius 1 is 1.64 bits per heavy atom. The van der Waals surface area contributed by atoms with Gasteiger partial charge in [-0.25, -0.2) is 0 Å². The van der Waals surface area contributed by atoms with Crippen molar-refractivity contribution in [3.05, 3.63) is 12.2 Å². The van der Waals surface area contributed by atoms with Crippen LogP contribution in [-0.4, -0.2) is 24.8 Å². The number of nitrogens with one attached hydrogen (secondary N) is 1. The van der Waals surface area contributed by atoms with Crippen molar-refractivity contribution in [3.8, 4) is 0 Å². The number of likely N-dealkylation sites (N-methyl/N-ethyl adjacent to an activating group) is 1. The monoisotopic (exact) mass is 197 g/mol. The molecule has 0 aromatic heterocycles. The lowest BCUT2D eigenvalue weighted by molar-refractivity contribution is -0.0110. The average molecular weight is 197 g/mol. The van der Waals surface area contributed by atoms with E-state index in [1.807, 2.05) is 0 Å². The van der Waals surface area contributed by atoms with Crippen LogP contribution in [0.15, 0.2) is 12.2 Å². The van der Waals surface area contributed by atoms with Gasteiger partial charge in [0.05, 0.1) is 5.60 Å². The van der Waals surface area contributed by atoms with Gasteiger partial charge in [-0.05, 0) is 39.7 Å². The molecule has 0 saturated carbocycles. The molecule has 1 aliphatic rings. The van der Waals surface area contributed by atoms with Crippen LogP contribution in [0.2, 0.25) is 0 Å². The van der Waals surface area contributed by atoms with Crippen LogP contribution in [0, 0.1) is 0 Å². The fourth-order valence-corrected chi connectivity index (χ4v) is 2.17. The molecule has 1 fully saturated rings. The highest BCUT2D eigenvalue weighted by Gasteiger charge is 2.37. The quantitative estimate of drug-likeness (QED) is 0.684. The average Bonchev–Trinajstić information content (AvgIpc) is 2.52. The third kappa shape index (κ3) is 2.82. The summed E-state index contributed by atoms with van der Waals surface area (Å²) < 4.78 is 5.85. The number of ether oxygens (including phenoxy) is 1. The van der Waals surface area contributed by atoms with E-state index >= 15 is 0 Å². The zero-order chi connectivity index (χ0) is 10.6. The molecule has 2 unspecified atom stereocenters. The van der Waals surface area contributed by atoms with E-state index in [1.165, 1.54) is 12.0 Å². The largest absolute Gasteiger partial charge is 0.374 e. The molecule has 1 rings (SSSR count). The first-order valence-corrected chi connectivity index (χ1v) is 5.60. The van der Waals surface area contributed by atoms with E-state index in [9.17, 15) is 0 Å². The van der Waals surface area contributed by atoms with E-state index in [1.54, 1.807) is 0 Å². The predicted octanol–water partition coefficient (Wildman–Crippen LogP) is 2.50. The fraction of sp³-hybridized carbons (Fsp3) is 0.833. The molecule has 0 aromatic rings. The summed E-state index contributed by atoms with van der Waals surface area (Å²) in [4.78, 5) is 0. The number of hydrogen-bond acceptors (Lipinski definition) is 2. The Bertz CT molecular complexity index is 194. The minimum atomic E-state index is 0.0228. The third-order valence-electron chi connectivity index (χ3n) is 2.99. The second-order valence-electron chi connectivity index (χ2n) is 4.54. The molecule has 14 heavy (non-hydrogen) atoms. The first-order chi connectivity index (χ1) is 6.58. The van der Waals surface area contributed by atoms with Gasteiger partial charge in [0, 0.05) is 12.6 Å². The molecule has 2 heteroatoms. The van der Waals surface area contributed by atoms with Crippen LogP contribution in [0.5, 0.6) is 0 Å². The van der Waals surface area contributed by atoms with Gasteiger partial charge in [0.1, 0.15) is 0 Å². The molecule has 0 radical (unpaired) electrons. The summed E-state index contributed by atoms with van der Waals surface area (Å²) in [6, 6.07) is 0.424. The van der Waals surface area contributed by atoms with Crippen LogP contribution in [0.1, 0.15) is 40.0 Å². The van der Waals surface area contributed by atoms with Crippen LogP contribution in [0.4, 0.5) is 0 Å². The summed E-state index contributed by atoms with van der Waals surface area (Å²) in [5.41, 5.74) is 1.25. The van der Waals surface area contributed by atoms with Crippen LogP contribution >= 0.6 is 0 Å². The molecule has 1 heterocycles. The second kappa shape index (κ2) is 4.94. The highest BCUT2D eigenvalue weighted by Crippen LogP contribution is 2.31. The first kappa shape index (κ1) is 11.7. The maximum Gasteiger partial charge on any atom is 0.0810 e. The molecule has 0 aromatic carbocycles. The van der Waals surface area contributed by atoms with Gasteiger partial charge in [0.25, 0.3) is 0 Å². The molecule has 2 nitrogen and oxygen atoms in total. The Labute approximate surface area is 87.7 Å². The molecule has 82 valence electrons. The number of hydrogen-bond donors (Lipinski definition) is 1. The van der Waals surface area contributed by atoms with Crippen molar-refractivity contribution in [2.24, 2.45) is 0 Å². The maximum absolute atomic E-state index is 5.85. The predicted molar refractivity (Wildman–Crippen MR) is 60.5 cm³/mol. The van der Waals surface area contributed by atoms with Crippen LogP contribution in [0.25, 0.3) is 0 Å². The van der Waals surface area contributed by atoms with Crippen molar-refractivity contribution in [2.75, 3.05) is 13.2 Å². The van der Waals surface area contributed by atoms with Gasteiger partial charge < -0.3 is 10.1 Å². The lowest BCUT2D eigenvalue weighted by Gasteiger charge is -2.34. The minimum Gasteiger partial charge on any atom is -0.374 e. The van der Waals surface area contributed by atoms with E-state index in [4.69, 9.17) is 4.74 Å². The topological polar surface area (TPSA) is 21.3 Å². The summed E-state index contributed by atoms with van der Waals surface area (Å²) in [7, 11) is 0. The standard InChI is InChI=1S/C12H23NO/c1-5-13-11(9-10(2)3)12(4)7-6-8-14-12/h11,13H,2,5-9H2,1,3-4H3. The summed E-state index contributed by atoms with van der Waals surface area (Å²) in [6.07, 6.45) is 3.37. The highest BCUT2D eigenvalue weighted by atomic mass is 16.5. The zero-order valence-electron chi connectivity index (χ0n) is 9.73. The van der Waals surface area contributed by atoms with Crippen molar-refractivity contribution in [3.63, 3.8) is 0 Å². The number of rotatable bonds is 5. The third-order valence-corrected chi connectivity index (χ3v) is 2.99. The SMILES string of the molecule is C=C(C)CC(NCC)C1(C)CCCO1. The van der Waals surface area contributed by atoms with E-state index in [-0.39, 0.29) is 5.60 Å². The van der Waals surface area contributed by atoms with Gasteiger partial charge in [-0.15, -0.1) is 6.58 Å². The molecule has 2 atom stereocenters. The van der Waals surface area contributed by atoms with E-state index in [0.717, 1.165) is 26.0 Å². The second-order valence-corrected chi connectivity index (χ2v) is 4.54. The summed E-state index contributed by atoms with van der Waals surface area (Å²) in [5.74, 6) is 0. The Hall–Kier alpha value is -0.340. The van der Waals surface area contributed by atoms with Gasteiger partial charge in [-0.2, -0.15) is 0 Å². The van der Waals surface area contributed by atoms with Crippen LogP contribution in [-0.2, 0) is 4.74 Å². The lowest BCUT2D eigenvalue weighted by Crippen LogP contribution is -2.48. The molecule has 1 saturated heterocycles. The van der Waals surface area contributed by atoms with Crippen molar-refractivity contribution in [1.29, 1.82) is 0 Å². The van der Waals surface area contributed by atoms with Gasteiger partial charge in [-0.1, -0.05) is 12.5 Å². The van der Waals surface area contributed by atoms with E-state index < -0.39 is 0 Å². The Morgan fingerprint density at radius 3 is 2.79 bits per heavy atom. The van der Waals surface area contributed by atoms with Gasteiger partial charge in [0.15, 0.2) is 0 Å². The van der Waals surface area contributed by atoms with Crippen molar-refractivity contribution >= 4 is 0 Å². The van der Waals surface area contributed by atoms with Crippen molar-refractivity contribution in [2.45, 2.75) is 51.7 Å². The van der Waals surface area contributed by atoms with Crippen molar-refractivity contribution in [1.82, 2.24) is 5.32 Å². The van der Waals surface area contributed by atoms with Crippen LogP contribution in [0.3, 0.4) is 0 Å². The molecule has 1 N–H and O–H groups in total. The smallest absolute Gasteiger partial charge is 0.0810 e. The summed E-state index contributed by atoms with van der Waals surface area (Å²) >= 11 is 0. The lowest BCUT2D eigenvalue weighted by atomic mass is 9.89. The van der Waals surface area contributed by atoms with Crippen LogP contribution < -0.4 is 5.32 Å². The normalized spacial score (nSPS) is 29.1. The Morgan fingerprint density at radius 2 is 2.36 bits per heavy atom. The molecular formula is C12H23NO. The molecule has 1 aliphatic heterocycles. The molecule has 0 bridgehead atoms. The zero-order valence-corrected chi connectivity index (χ0v) is 9.73. The Balaban J connectivity index is 2.60. The van der Waals surface area contributed by atoms with E-state index in [0.29, 0.717) is 6.04 Å².